The molecular formula is C28H34F2O. The van der Waals surface area contributed by atoms with Gasteiger partial charge in [-0.1, -0.05) is 56.9 Å². The van der Waals surface area contributed by atoms with Crippen molar-refractivity contribution in [1.82, 2.24) is 0 Å². The third-order valence-electron chi connectivity index (χ3n) is 7.31. The number of ether oxygens (including phenoxy) is 1. The number of halogens is 2. The van der Waals surface area contributed by atoms with Gasteiger partial charge in [0.15, 0.2) is 11.6 Å². The molecule has 0 bridgehead atoms. The van der Waals surface area contributed by atoms with Gasteiger partial charge in [0.2, 0.25) is 0 Å². The first-order chi connectivity index (χ1) is 15.1. The van der Waals surface area contributed by atoms with E-state index in [2.05, 4.69) is 13.0 Å². The largest absolute Gasteiger partial charge is 0.494 e. The Morgan fingerprint density at radius 2 is 1.77 bits per heavy atom. The minimum Gasteiger partial charge on any atom is -0.494 e. The molecule has 166 valence electrons. The topological polar surface area (TPSA) is 9.23 Å². The molecule has 0 saturated heterocycles. The number of hydrogen-bond donors (Lipinski definition) is 0. The molecule has 0 radical (unpaired) electrons. The second kappa shape index (κ2) is 9.97. The molecule has 2 aromatic rings. The maximum absolute atomic E-state index is 15.1. The van der Waals surface area contributed by atoms with Crippen LogP contribution in [0.3, 0.4) is 0 Å². The summed E-state index contributed by atoms with van der Waals surface area (Å²) in [6, 6.07) is 9.32. The van der Waals surface area contributed by atoms with Crippen molar-refractivity contribution < 1.29 is 13.5 Å². The summed E-state index contributed by atoms with van der Waals surface area (Å²) in [6.45, 7) is 2.26. The summed E-state index contributed by atoms with van der Waals surface area (Å²) in [7, 11) is 1.48. The highest BCUT2D eigenvalue weighted by Crippen LogP contribution is 2.40. The number of benzene rings is 2. The molecule has 1 fully saturated rings. The Hall–Kier alpha value is -2.16. The van der Waals surface area contributed by atoms with Crippen LogP contribution in [0.15, 0.2) is 30.3 Å². The summed E-state index contributed by atoms with van der Waals surface area (Å²) in [6.07, 6.45) is 13.4. The lowest BCUT2D eigenvalue weighted by Gasteiger charge is -2.29. The number of methoxy groups -OCH3 is 1. The van der Waals surface area contributed by atoms with Gasteiger partial charge in [-0.25, -0.2) is 8.78 Å². The molecule has 0 unspecified atom stereocenters. The van der Waals surface area contributed by atoms with E-state index in [0.717, 1.165) is 22.6 Å². The highest BCUT2D eigenvalue weighted by Gasteiger charge is 2.24. The van der Waals surface area contributed by atoms with E-state index in [0.29, 0.717) is 29.9 Å². The Kier molecular flexibility index (Phi) is 7.09. The highest BCUT2D eigenvalue weighted by atomic mass is 19.1. The zero-order valence-electron chi connectivity index (χ0n) is 18.9. The van der Waals surface area contributed by atoms with Gasteiger partial charge in [0.05, 0.1) is 7.11 Å². The van der Waals surface area contributed by atoms with Crippen molar-refractivity contribution in [1.29, 1.82) is 0 Å². The van der Waals surface area contributed by atoms with Gasteiger partial charge in [0.1, 0.15) is 5.82 Å². The van der Waals surface area contributed by atoms with Gasteiger partial charge < -0.3 is 4.74 Å². The van der Waals surface area contributed by atoms with Crippen molar-refractivity contribution in [2.75, 3.05) is 7.11 Å². The summed E-state index contributed by atoms with van der Waals surface area (Å²) >= 11 is 0. The van der Waals surface area contributed by atoms with Crippen molar-refractivity contribution in [3.8, 4) is 5.75 Å². The van der Waals surface area contributed by atoms with Gasteiger partial charge in [0.25, 0.3) is 0 Å². The fourth-order valence-electron chi connectivity index (χ4n) is 5.41. The average Bonchev–Trinajstić information content (AvgIpc) is 2.80. The Labute approximate surface area is 185 Å². The minimum absolute atomic E-state index is 0.147. The third-order valence-corrected chi connectivity index (χ3v) is 7.31. The molecular weight excluding hydrogens is 390 g/mol. The fraction of sp³-hybridized carbons (Fsp3) is 0.500. The lowest BCUT2D eigenvalue weighted by atomic mass is 9.76. The van der Waals surface area contributed by atoms with E-state index < -0.39 is 0 Å². The summed E-state index contributed by atoms with van der Waals surface area (Å²) in [5.74, 6) is 1.17. The van der Waals surface area contributed by atoms with Crippen LogP contribution in [-0.4, -0.2) is 7.11 Å². The molecule has 2 aliphatic rings. The van der Waals surface area contributed by atoms with E-state index >= 15 is 4.39 Å². The number of allylic oxidation sites excluding steroid dienone is 1. The minimum atomic E-state index is -0.295. The normalized spacial score (nSPS) is 20.8. The van der Waals surface area contributed by atoms with Crippen LogP contribution in [0, 0.1) is 17.6 Å². The Bertz CT molecular complexity index is 938. The first kappa shape index (κ1) is 22.0. The number of fused-ring (bicyclic) bond motifs is 1. The Morgan fingerprint density at radius 1 is 0.968 bits per heavy atom. The number of hydrogen-bond acceptors (Lipinski definition) is 1. The van der Waals surface area contributed by atoms with E-state index in [-0.39, 0.29) is 17.4 Å². The molecule has 31 heavy (non-hydrogen) atoms. The molecule has 0 aliphatic heterocycles. The SMILES string of the molecule is CCCCCC1CCC(c2ccc(C3=Cc4ccc(OC)c(F)c4CC3)c(F)c2)CC1. The number of unbranched alkanes of at least 4 members (excludes halogenated alkanes) is 2. The van der Waals surface area contributed by atoms with Gasteiger partial charge >= 0.3 is 0 Å². The molecule has 2 aliphatic carbocycles. The molecule has 4 rings (SSSR count). The standard InChI is InChI=1S/C28H34F2O/c1-3-4-5-6-19-7-9-20(10-8-19)21-11-14-24(26(29)18-21)22-12-15-25-23(17-22)13-16-27(31-2)28(25)30/h11,13-14,16-20H,3-10,12,15H2,1-2H3. The molecule has 0 aromatic heterocycles. The second-order valence-corrected chi connectivity index (χ2v) is 9.27. The maximum atomic E-state index is 15.1. The summed E-state index contributed by atoms with van der Waals surface area (Å²) in [4.78, 5) is 0. The molecule has 0 spiro atoms. The van der Waals surface area contributed by atoms with E-state index in [1.165, 1.54) is 58.5 Å². The van der Waals surface area contributed by atoms with Crippen LogP contribution < -0.4 is 4.74 Å². The van der Waals surface area contributed by atoms with E-state index in [4.69, 9.17) is 4.74 Å². The predicted octanol–water partition coefficient (Wildman–Crippen LogP) is 8.31. The molecule has 0 atom stereocenters. The molecule has 0 amide bonds. The van der Waals surface area contributed by atoms with Crippen molar-refractivity contribution in [3.63, 3.8) is 0 Å². The lowest BCUT2D eigenvalue weighted by Crippen LogP contribution is -2.13. The van der Waals surface area contributed by atoms with Gasteiger partial charge in [-0.3, -0.25) is 0 Å². The number of rotatable bonds is 7. The van der Waals surface area contributed by atoms with E-state index in [9.17, 15) is 4.39 Å². The van der Waals surface area contributed by atoms with Crippen molar-refractivity contribution in [2.24, 2.45) is 5.92 Å². The second-order valence-electron chi connectivity index (χ2n) is 9.27. The summed E-state index contributed by atoms with van der Waals surface area (Å²) in [5, 5.41) is 0. The monoisotopic (exact) mass is 424 g/mol. The molecule has 1 saturated carbocycles. The van der Waals surface area contributed by atoms with Gasteiger partial charge in [-0.2, -0.15) is 0 Å². The Morgan fingerprint density at radius 3 is 2.48 bits per heavy atom. The van der Waals surface area contributed by atoms with Crippen LogP contribution in [0.5, 0.6) is 5.75 Å². The first-order valence-corrected chi connectivity index (χ1v) is 12.0. The summed E-state index contributed by atoms with van der Waals surface area (Å²) < 4.78 is 34.7. The van der Waals surface area contributed by atoms with E-state index in [1.54, 1.807) is 12.1 Å². The van der Waals surface area contributed by atoms with Gasteiger partial charge in [0, 0.05) is 5.56 Å². The van der Waals surface area contributed by atoms with Crippen LogP contribution in [0.4, 0.5) is 8.78 Å². The van der Waals surface area contributed by atoms with Crippen LogP contribution in [-0.2, 0) is 6.42 Å². The zero-order chi connectivity index (χ0) is 21.8. The molecule has 2 aromatic carbocycles. The smallest absolute Gasteiger partial charge is 0.168 e. The first-order valence-electron chi connectivity index (χ1n) is 12.0. The quantitative estimate of drug-likeness (QED) is 0.406. The molecule has 0 N–H and O–H groups in total. The van der Waals surface area contributed by atoms with Crippen LogP contribution >= 0.6 is 0 Å². The zero-order valence-corrected chi connectivity index (χ0v) is 18.9. The van der Waals surface area contributed by atoms with Crippen molar-refractivity contribution in [2.45, 2.75) is 77.0 Å². The third kappa shape index (κ3) is 4.86. The van der Waals surface area contributed by atoms with Crippen LogP contribution in [0.2, 0.25) is 0 Å². The highest BCUT2D eigenvalue weighted by molar-refractivity contribution is 5.85. The van der Waals surface area contributed by atoms with E-state index in [1.807, 2.05) is 18.2 Å². The van der Waals surface area contributed by atoms with Gasteiger partial charge in [-0.05, 0) is 84.8 Å². The molecule has 3 heteroatoms. The maximum Gasteiger partial charge on any atom is 0.168 e. The van der Waals surface area contributed by atoms with Crippen molar-refractivity contribution in [3.05, 3.63) is 64.2 Å². The van der Waals surface area contributed by atoms with Crippen LogP contribution in [0.1, 0.15) is 92.9 Å². The fourth-order valence-corrected chi connectivity index (χ4v) is 5.41. The average molecular weight is 425 g/mol. The van der Waals surface area contributed by atoms with Crippen LogP contribution in [0.25, 0.3) is 11.6 Å². The lowest BCUT2D eigenvalue weighted by molar-refractivity contribution is 0.302. The summed E-state index contributed by atoms with van der Waals surface area (Å²) in [5.41, 5.74) is 4.22. The molecule has 0 heterocycles. The van der Waals surface area contributed by atoms with Gasteiger partial charge in [-0.15, -0.1) is 0 Å². The van der Waals surface area contributed by atoms with Crippen molar-refractivity contribution >= 4 is 11.6 Å². The predicted molar refractivity (Wildman–Crippen MR) is 124 cm³/mol. The molecule has 1 nitrogen and oxygen atoms in total. The Balaban J connectivity index is 1.46.